The lowest BCUT2D eigenvalue weighted by Crippen LogP contribution is -2.39. The van der Waals surface area contributed by atoms with E-state index < -0.39 is 0 Å². The molecule has 1 aliphatic rings. The predicted molar refractivity (Wildman–Crippen MR) is 76.3 cm³/mol. The Hall–Kier alpha value is -1.68. The maximum atomic E-state index is 12.6. The van der Waals surface area contributed by atoms with Gasteiger partial charge in [-0.05, 0) is 42.0 Å². The highest BCUT2D eigenvalue weighted by atomic mass is 32.1. The van der Waals surface area contributed by atoms with Crippen molar-refractivity contribution in [1.82, 2.24) is 9.88 Å². The van der Waals surface area contributed by atoms with E-state index in [9.17, 15) is 4.79 Å². The molecule has 1 aliphatic heterocycles. The summed E-state index contributed by atoms with van der Waals surface area (Å²) in [6.07, 6.45) is 5.27. The van der Waals surface area contributed by atoms with E-state index in [1.165, 1.54) is 10.4 Å². The van der Waals surface area contributed by atoms with Crippen molar-refractivity contribution >= 4 is 17.2 Å². The van der Waals surface area contributed by atoms with Gasteiger partial charge in [-0.1, -0.05) is 6.92 Å². The number of carbonyl (C=O) groups is 1. The number of carbonyl (C=O) groups excluding carboxylic acids is 1. The summed E-state index contributed by atoms with van der Waals surface area (Å²) in [7, 11) is 0. The van der Waals surface area contributed by atoms with Crippen LogP contribution in [0.15, 0.2) is 36.0 Å². The Labute approximate surface area is 116 Å². The van der Waals surface area contributed by atoms with Crippen LogP contribution in [0.5, 0.6) is 0 Å². The van der Waals surface area contributed by atoms with Crippen molar-refractivity contribution in [2.24, 2.45) is 0 Å². The Morgan fingerprint density at radius 3 is 3.16 bits per heavy atom. The summed E-state index contributed by atoms with van der Waals surface area (Å²) in [5.74, 6) is 0.0943. The van der Waals surface area contributed by atoms with Crippen molar-refractivity contribution < 1.29 is 4.79 Å². The number of amides is 1. The van der Waals surface area contributed by atoms with Crippen molar-refractivity contribution in [2.75, 3.05) is 6.54 Å². The van der Waals surface area contributed by atoms with Gasteiger partial charge >= 0.3 is 0 Å². The van der Waals surface area contributed by atoms with Crippen LogP contribution in [-0.2, 0) is 6.42 Å². The van der Waals surface area contributed by atoms with Gasteiger partial charge in [0.05, 0.1) is 11.6 Å². The zero-order chi connectivity index (χ0) is 13.2. The predicted octanol–water partition coefficient (Wildman–Crippen LogP) is 3.29. The first-order chi connectivity index (χ1) is 9.31. The van der Waals surface area contributed by atoms with Crippen LogP contribution in [0.3, 0.4) is 0 Å². The molecular weight excluding hydrogens is 256 g/mol. The number of hydrogen-bond acceptors (Lipinski definition) is 3. The molecule has 3 rings (SSSR count). The molecule has 3 heterocycles. The average Bonchev–Trinajstić information content (AvgIpc) is 2.94. The van der Waals surface area contributed by atoms with E-state index in [2.05, 4.69) is 23.4 Å². The van der Waals surface area contributed by atoms with Crippen LogP contribution in [0.25, 0.3) is 0 Å². The molecule has 0 N–H and O–H groups in total. The number of rotatable bonds is 2. The standard InChI is InChI=1S/C15H16N2OS/c1-2-13-12-6-9-19-14(12)5-8-17(13)15(18)11-4-3-7-16-10-11/h3-4,6-7,9-10,13H,2,5,8H2,1H3/t13-/m0/s1. The SMILES string of the molecule is CC[C@H]1c2ccsc2CCN1C(=O)c1cccnc1. The first-order valence-corrected chi connectivity index (χ1v) is 7.46. The zero-order valence-corrected chi connectivity index (χ0v) is 11.7. The smallest absolute Gasteiger partial charge is 0.255 e. The van der Waals surface area contributed by atoms with Crippen molar-refractivity contribution in [2.45, 2.75) is 25.8 Å². The second kappa shape index (κ2) is 5.13. The molecule has 0 radical (unpaired) electrons. The summed E-state index contributed by atoms with van der Waals surface area (Å²) in [6.45, 7) is 2.95. The Morgan fingerprint density at radius 1 is 1.53 bits per heavy atom. The molecule has 4 heteroatoms. The third-order valence-electron chi connectivity index (χ3n) is 3.65. The molecule has 2 aromatic rings. The van der Waals surface area contributed by atoms with Crippen LogP contribution >= 0.6 is 11.3 Å². The van der Waals surface area contributed by atoms with Crippen molar-refractivity contribution in [3.8, 4) is 0 Å². The van der Waals surface area contributed by atoms with Crippen LogP contribution in [0.4, 0.5) is 0 Å². The van der Waals surface area contributed by atoms with Gasteiger partial charge in [0, 0.05) is 23.8 Å². The first-order valence-electron chi connectivity index (χ1n) is 6.58. The van der Waals surface area contributed by atoms with E-state index in [1.807, 2.05) is 17.0 Å². The van der Waals surface area contributed by atoms with Gasteiger partial charge in [0.1, 0.15) is 0 Å². The van der Waals surface area contributed by atoms with Crippen molar-refractivity contribution in [1.29, 1.82) is 0 Å². The minimum Gasteiger partial charge on any atom is -0.331 e. The third kappa shape index (κ3) is 2.16. The van der Waals surface area contributed by atoms with Gasteiger partial charge < -0.3 is 4.90 Å². The van der Waals surface area contributed by atoms with Crippen molar-refractivity contribution in [3.63, 3.8) is 0 Å². The molecule has 0 aliphatic carbocycles. The average molecular weight is 272 g/mol. The molecule has 19 heavy (non-hydrogen) atoms. The van der Waals surface area contributed by atoms with Gasteiger partial charge in [-0.25, -0.2) is 0 Å². The fraction of sp³-hybridized carbons (Fsp3) is 0.333. The number of pyridine rings is 1. The molecule has 0 fully saturated rings. The minimum absolute atomic E-state index is 0.0943. The minimum atomic E-state index is 0.0943. The number of aromatic nitrogens is 1. The van der Waals surface area contributed by atoms with Crippen LogP contribution in [0.2, 0.25) is 0 Å². The van der Waals surface area contributed by atoms with Gasteiger partial charge in [0.2, 0.25) is 0 Å². The molecule has 3 nitrogen and oxygen atoms in total. The van der Waals surface area contributed by atoms with E-state index in [1.54, 1.807) is 23.7 Å². The molecule has 1 amide bonds. The van der Waals surface area contributed by atoms with Crippen LogP contribution in [0, 0.1) is 0 Å². The van der Waals surface area contributed by atoms with Crippen LogP contribution in [0.1, 0.15) is 40.2 Å². The van der Waals surface area contributed by atoms with Crippen LogP contribution < -0.4 is 0 Å². The summed E-state index contributed by atoms with van der Waals surface area (Å²) < 4.78 is 0. The topological polar surface area (TPSA) is 33.2 Å². The molecule has 0 saturated carbocycles. The molecular formula is C15H16N2OS. The van der Waals surface area contributed by atoms with Gasteiger partial charge in [-0.2, -0.15) is 0 Å². The van der Waals surface area contributed by atoms with E-state index in [0.29, 0.717) is 5.56 Å². The normalized spacial score (nSPS) is 18.2. The zero-order valence-electron chi connectivity index (χ0n) is 10.9. The lowest BCUT2D eigenvalue weighted by molar-refractivity contribution is 0.0657. The molecule has 98 valence electrons. The second-order valence-electron chi connectivity index (χ2n) is 4.71. The molecule has 0 bridgehead atoms. The third-order valence-corrected chi connectivity index (χ3v) is 4.65. The van der Waals surface area contributed by atoms with E-state index in [-0.39, 0.29) is 11.9 Å². The lowest BCUT2D eigenvalue weighted by Gasteiger charge is -2.35. The van der Waals surface area contributed by atoms with Gasteiger partial charge in [-0.15, -0.1) is 11.3 Å². The molecule has 0 saturated heterocycles. The fourth-order valence-corrected chi connectivity index (χ4v) is 3.66. The number of fused-ring (bicyclic) bond motifs is 1. The quantitative estimate of drug-likeness (QED) is 0.840. The molecule has 1 atom stereocenters. The van der Waals surface area contributed by atoms with Gasteiger partial charge in [-0.3, -0.25) is 9.78 Å². The summed E-state index contributed by atoms with van der Waals surface area (Å²) in [6, 6.07) is 6.03. The molecule has 2 aromatic heterocycles. The number of thiophene rings is 1. The lowest BCUT2D eigenvalue weighted by atomic mass is 9.97. The van der Waals surface area contributed by atoms with Crippen LogP contribution in [-0.4, -0.2) is 22.3 Å². The summed E-state index contributed by atoms with van der Waals surface area (Å²) in [5.41, 5.74) is 2.01. The summed E-state index contributed by atoms with van der Waals surface area (Å²) in [4.78, 5) is 20.1. The van der Waals surface area contributed by atoms with E-state index in [0.717, 1.165) is 19.4 Å². The van der Waals surface area contributed by atoms with Crippen molar-refractivity contribution in [3.05, 3.63) is 52.0 Å². The highest BCUT2D eigenvalue weighted by molar-refractivity contribution is 7.10. The monoisotopic (exact) mass is 272 g/mol. The summed E-state index contributed by atoms with van der Waals surface area (Å²) in [5, 5.41) is 2.13. The van der Waals surface area contributed by atoms with E-state index in [4.69, 9.17) is 0 Å². The molecule has 0 unspecified atom stereocenters. The Kier molecular flexibility index (Phi) is 3.34. The maximum absolute atomic E-state index is 12.6. The highest BCUT2D eigenvalue weighted by Crippen LogP contribution is 2.35. The first kappa shape index (κ1) is 12.4. The van der Waals surface area contributed by atoms with E-state index >= 15 is 0 Å². The maximum Gasteiger partial charge on any atom is 0.255 e. The summed E-state index contributed by atoms with van der Waals surface area (Å²) >= 11 is 1.80. The Balaban J connectivity index is 1.92. The Bertz CT molecular complexity index is 579. The molecule has 0 spiro atoms. The Morgan fingerprint density at radius 2 is 2.42 bits per heavy atom. The molecule has 0 aromatic carbocycles. The second-order valence-corrected chi connectivity index (χ2v) is 5.71. The van der Waals surface area contributed by atoms with Gasteiger partial charge in [0.15, 0.2) is 0 Å². The number of nitrogens with zero attached hydrogens (tertiary/aromatic N) is 2. The number of hydrogen-bond donors (Lipinski definition) is 0. The fourth-order valence-electron chi connectivity index (χ4n) is 2.73. The van der Waals surface area contributed by atoms with Gasteiger partial charge in [0.25, 0.3) is 5.91 Å². The largest absolute Gasteiger partial charge is 0.331 e. The highest BCUT2D eigenvalue weighted by Gasteiger charge is 2.30.